The van der Waals surface area contributed by atoms with Gasteiger partial charge in [0.25, 0.3) is 0 Å². The zero-order valence-electron chi connectivity index (χ0n) is 7.23. The first-order chi connectivity index (χ1) is 6.40. The Morgan fingerprint density at radius 2 is 2.00 bits per heavy atom. The molecule has 0 bridgehead atoms. The lowest BCUT2D eigenvalue weighted by Crippen LogP contribution is -1.75. The van der Waals surface area contributed by atoms with E-state index < -0.39 is 0 Å². The Labute approximate surface area is 81.0 Å². The number of benzene rings is 1. The molecule has 3 heteroatoms. The Kier molecular flexibility index (Phi) is 2.36. The van der Waals surface area contributed by atoms with Gasteiger partial charge in [0, 0.05) is 5.56 Å². The molecule has 13 heavy (non-hydrogen) atoms. The molecule has 0 N–H and O–H groups in total. The van der Waals surface area contributed by atoms with Crippen molar-refractivity contribution >= 4 is 11.8 Å². The number of oxazole rings is 1. The third-order valence-corrected chi connectivity index (χ3v) is 2.32. The number of hydrogen-bond acceptors (Lipinski definition) is 3. The van der Waals surface area contributed by atoms with Crippen LogP contribution in [0.15, 0.2) is 46.0 Å². The summed E-state index contributed by atoms with van der Waals surface area (Å²) in [6, 6.07) is 9.88. The number of rotatable bonds is 2. The van der Waals surface area contributed by atoms with E-state index in [9.17, 15) is 0 Å². The Morgan fingerprint density at radius 3 is 2.62 bits per heavy atom. The molecule has 0 saturated carbocycles. The topological polar surface area (TPSA) is 26.0 Å². The lowest BCUT2D eigenvalue weighted by Gasteiger charge is -1.91. The molecular weight excluding hydrogens is 182 g/mol. The van der Waals surface area contributed by atoms with Crippen molar-refractivity contribution in [3.05, 3.63) is 36.6 Å². The first kappa shape index (κ1) is 8.38. The van der Waals surface area contributed by atoms with Gasteiger partial charge in [0.1, 0.15) is 11.3 Å². The SMILES string of the molecule is CSc1coc(-c2ccccc2)n1. The van der Waals surface area contributed by atoms with Crippen molar-refractivity contribution in [2.24, 2.45) is 0 Å². The summed E-state index contributed by atoms with van der Waals surface area (Å²) >= 11 is 1.58. The van der Waals surface area contributed by atoms with Crippen LogP contribution in [-0.2, 0) is 0 Å². The van der Waals surface area contributed by atoms with Gasteiger partial charge >= 0.3 is 0 Å². The van der Waals surface area contributed by atoms with E-state index in [0.29, 0.717) is 5.89 Å². The van der Waals surface area contributed by atoms with Crippen molar-refractivity contribution < 1.29 is 4.42 Å². The smallest absolute Gasteiger partial charge is 0.227 e. The zero-order chi connectivity index (χ0) is 9.10. The van der Waals surface area contributed by atoms with Crippen LogP contribution < -0.4 is 0 Å². The maximum atomic E-state index is 5.31. The third kappa shape index (κ3) is 1.75. The van der Waals surface area contributed by atoms with E-state index in [1.165, 1.54) is 0 Å². The van der Waals surface area contributed by atoms with Crippen molar-refractivity contribution in [1.82, 2.24) is 4.98 Å². The fourth-order valence-corrected chi connectivity index (χ4v) is 1.38. The number of aromatic nitrogens is 1. The zero-order valence-corrected chi connectivity index (χ0v) is 8.04. The highest BCUT2D eigenvalue weighted by molar-refractivity contribution is 7.98. The molecule has 0 fully saturated rings. The number of hydrogen-bond donors (Lipinski definition) is 0. The van der Waals surface area contributed by atoms with Gasteiger partial charge in [-0.3, -0.25) is 0 Å². The average Bonchev–Trinajstić information content (AvgIpc) is 2.67. The Bertz CT molecular complexity index is 383. The first-order valence-electron chi connectivity index (χ1n) is 3.95. The van der Waals surface area contributed by atoms with Crippen molar-refractivity contribution in [3.63, 3.8) is 0 Å². The van der Waals surface area contributed by atoms with Gasteiger partial charge in [-0.2, -0.15) is 0 Å². The van der Waals surface area contributed by atoms with E-state index in [4.69, 9.17) is 4.42 Å². The molecule has 0 aliphatic rings. The standard InChI is InChI=1S/C10H9NOS/c1-13-9-7-12-10(11-9)8-5-3-2-4-6-8/h2-7H,1H3. The van der Waals surface area contributed by atoms with Crippen LogP contribution in [0.4, 0.5) is 0 Å². The average molecular weight is 191 g/mol. The summed E-state index contributed by atoms with van der Waals surface area (Å²) in [5.74, 6) is 0.685. The molecule has 2 rings (SSSR count). The van der Waals surface area contributed by atoms with E-state index in [2.05, 4.69) is 4.98 Å². The molecule has 2 nitrogen and oxygen atoms in total. The maximum absolute atomic E-state index is 5.31. The van der Waals surface area contributed by atoms with Gasteiger partial charge in [-0.15, -0.1) is 11.8 Å². The van der Waals surface area contributed by atoms with Crippen molar-refractivity contribution in [3.8, 4) is 11.5 Å². The molecule has 2 aromatic rings. The Hall–Kier alpha value is -1.22. The molecule has 0 radical (unpaired) electrons. The minimum absolute atomic E-state index is 0.685. The summed E-state index contributed by atoms with van der Waals surface area (Å²) in [4.78, 5) is 4.30. The highest BCUT2D eigenvalue weighted by atomic mass is 32.2. The molecule has 1 aromatic carbocycles. The molecule has 0 saturated heterocycles. The summed E-state index contributed by atoms with van der Waals surface area (Å²) in [6.45, 7) is 0. The fraction of sp³-hybridized carbons (Fsp3) is 0.100. The van der Waals surface area contributed by atoms with Crippen LogP contribution in [0.3, 0.4) is 0 Å². The van der Waals surface area contributed by atoms with Crippen LogP contribution in [0.1, 0.15) is 0 Å². The van der Waals surface area contributed by atoms with Gasteiger partial charge in [0.05, 0.1) is 0 Å². The normalized spacial score (nSPS) is 10.2. The fourth-order valence-electron chi connectivity index (χ4n) is 1.07. The molecule has 0 aliphatic heterocycles. The minimum atomic E-state index is 0.685. The molecule has 0 aliphatic carbocycles. The molecule has 0 amide bonds. The molecular formula is C10H9NOS. The van der Waals surface area contributed by atoms with Crippen molar-refractivity contribution in [2.75, 3.05) is 6.26 Å². The van der Waals surface area contributed by atoms with Gasteiger partial charge in [0.2, 0.25) is 5.89 Å². The number of nitrogens with zero attached hydrogens (tertiary/aromatic N) is 1. The second kappa shape index (κ2) is 3.66. The van der Waals surface area contributed by atoms with Gasteiger partial charge < -0.3 is 4.42 Å². The summed E-state index contributed by atoms with van der Waals surface area (Å²) in [7, 11) is 0. The third-order valence-electron chi connectivity index (χ3n) is 1.71. The highest BCUT2D eigenvalue weighted by Gasteiger charge is 2.03. The van der Waals surface area contributed by atoms with E-state index in [-0.39, 0.29) is 0 Å². The monoisotopic (exact) mass is 191 g/mol. The van der Waals surface area contributed by atoms with Crippen LogP contribution in [0.2, 0.25) is 0 Å². The molecule has 66 valence electrons. The summed E-state index contributed by atoms with van der Waals surface area (Å²) in [6.07, 6.45) is 3.65. The molecule has 0 atom stereocenters. The highest BCUT2D eigenvalue weighted by Crippen LogP contribution is 2.21. The van der Waals surface area contributed by atoms with E-state index in [1.54, 1.807) is 18.0 Å². The van der Waals surface area contributed by atoms with Gasteiger partial charge in [-0.1, -0.05) is 18.2 Å². The van der Waals surface area contributed by atoms with Crippen LogP contribution in [0, 0.1) is 0 Å². The lowest BCUT2D eigenvalue weighted by molar-refractivity contribution is 0.571. The minimum Gasteiger partial charge on any atom is -0.443 e. The maximum Gasteiger partial charge on any atom is 0.227 e. The quantitative estimate of drug-likeness (QED) is 0.682. The molecule has 0 spiro atoms. The van der Waals surface area contributed by atoms with Crippen molar-refractivity contribution in [2.45, 2.75) is 5.03 Å². The van der Waals surface area contributed by atoms with Crippen molar-refractivity contribution in [1.29, 1.82) is 0 Å². The molecule has 1 aromatic heterocycles. The van der Waals surface area contributed by atoms with Crippen LogP contribution in [0.5, 0.6) is 0 Å². The summed E-state index contributed by atoms with van der Waals surface area (Å²) < 4.78 is 5.31. The summed E-state index contributed by atoms with van der Waals surface area (Å²) in [5, 5.41) is 0.916. The molecule has 0 unspecified atom stereocenters. The van der Waals surface area contributed by atoms with Gasteiger partial charge in [-0.25, -0.2) is 4.98 Å². The second-order valence-electron chi connectivity index (χ2n) is 2.56. The van der Waals surface area contributed by atoms with E-state index in [1.807, 2.05) is 36.6 Å². The molecule has 1 heterocycles. The number of thioether (sulfide) groups is 1. The van der Waals surface area contributed by atoms with Crippen LogP contribution >= 0.6 is 11.8 Å². The van der Waals surface area contributed by atoms with Gasteiger partial charge in [-0.05, 0) is 18.4 Å². The largest absolute Gasteiger partial charge is 0.443 e. The lowest BCUT2D eigenvalue weighted by atomic mass is 10.2. The van der Waals surface area contributed by atoms with E-state index in [0.717, 1.165) is 10.6 Å². The second-order valence-corrected chi connectivity index (χ2v) is 3.39. The predicted molar refractivity (Wildman–Crippen MR) is 53.7 cm³/mol. The van der Waals surface area contributed by atoms with Crippen LogP contribution in [0.25, 0.3) is 11.5 Å². The van der Waals surface area contributed by atoms with Gasteiger partial charge in [0.15, 0.2) is 0 Å². The summed E-state index contributed by atoms with van der Waals surface area (Å²) in [5.41, 5.74) is 1.02. The van der Waals surface area contributed by atoms with Crippen LogP contribution in [-0.4, -0.2) is 11.2 Å². The Balaban J connectivity index is 2.36. The predicted octanol–water partition coefficient (Wildman–Crippen LogP) is 3.06. The van der Waals surface area contributed by atoms with E-state index >= 15 is 0 Å². The Morgan fingerprint density at radius 1 is 1.23 bits per heavy atom. The first-order valence-corrected chi connectivity index (χ1v) is 5.17.